The van der Waals surface area contributed by atoms with E-state index in [-0.39, 0.29) is 5.69 Å². The molecule has 17 heavy (non-hydrogen) atoms. The summed E-state index contributed by atoms with van der Waals surface area (Å²) in [7, 11) is -1.27. The number of hydrogen-bond donors (Lipinski definition) is 1. The number of aromatic nitrogens is 1. The fourth-order valence-electron chi connectivity index (χ4n) is 1.43. The average Bonchev–Trinajstić information content (AvgIpc) is 2.30. The summed E-state index contributed by atoms with van der Waals surface area (Å²) >= 11 is 0. The van der Waals surface area contributed by atoms with E-state index in [0.29, 0.717) is 10.6 Å². The second kappa shape index (κ2) is 5.05. The molecule has 5 heteroatoms. The van der Waals surface area contributed by atoms with Crippen LogP contribution in [-0.4, -0.2) is 9.19 Å². The first-order valence-electron chi connectivity index (χ1n) is 4.99. The van der Waals surface area contributed by atoms with Gasteiger partial charge < -0.3 is 5.73 Å². The summed E-state index contributed by atoms with van der Waals surface area (Å²) in [5.41, 5.74) is 6.76. The van der Waals surface area contributed by atoms with Crippen LogP contribution in [0.5, 0.6) is 0 Å². The van der Waals surface area contributed by atoms with Crippen molar-refractivity contribution in [3.05, 3.63) is 54.1 Å². The van der Waals surface area contributed by atoms with Crippen molar-refractivity contribution in [1.82, 2.24) is 4.98 Å². The molecule has 0 fully saturated rings. The van der Waals surface area contributed by atoms with Crippen LogP contribution in [0.25, 0.3) is 0 Å². The van der Waals surface area contributed by atoms with E-state index in [1.54, 1.807) is 24.5 Å². The molecule has 0 spiro atoms. The van der Waals surface area contributed by atoms with Crippen LogP contribution in [0.3, 0.4) is 0 Å². The van der Waals surface area contributed by atoms with Crippen LogP contribution in [0.4, 0.5) is 10.1 Å². The minimum absolute atomic E-state index is 0.220. The molecule has 2 aromatic rings. The van der Waals surface area contributed by atoms with Gasteiger partial charge in [-0.1, -0.05) is 0 Å². The highest BCUT2D eigenvalue weighted by atomic mass is 32.2. The highest BCUT2D eigenvalue weighted by molar-refractivity contribution is 7.84. The minimum Gasteiger partial charge on any atom is -0.398 e. The van der Waals surface area contributed by atoms with Gasteiger partial charge >= 0.3 is 0 Å². The molecule has 0 aliphatic heterocycles. The summed E-state index contributed by atoms with van der Waals surface area (Å²) in [6, 6.07) is 7.48. The van der Waals surface area contributed by atoms with E-state index >= 15 is 0 Å². The zero-order valence-corrected chi connectivity index (χ0v) is 9.78. The van der Waals surface area contributed by atoms with Crippen LogP contribution in [-0.2, 0) is 16.6 Å². The molecular formula is C12H11FN2OS. The zero-order valence-electron chi connectivity index (χ0n) is 8.97. The normalized spacial score (nSPS) is 12.3. The molecule has 2 rings (SSSR count). The van der Waals surface area contributed by atoms with Crippen LogP contribution >= 0.6 is 0 Å². The first-order chi connectivity index (χ1) is 8.16. The highest BCUT2D eigenvalue weighted by Crippen LogP contribution is 2.19. The van der Waals surface area contributed by atoms with E-state index in [2.05, 4.69) is 4.98 Å². The Morgan fingerprint density at radius 1 is 1.24 bits per heavy atom. The van der Waals surface area contributed by atoms with Crippen molar-refractivity contribution in [3.8, 4) is 0 Å². The van der Waals surface area contributed by atoms with Crippen LogP contribution in [0.15, 0.2) is 47.6 Å². The highest BCUT2D eigenvalue weighted by Gasteiger charge is 2.09. The van der Waals surface area contributed by atoms with Crippen molar-refractivity contribution >= 4 is 16.5 Å². The first kappa shape index (κ1) is 11.7. The standard InChI is InChI=1S/C12H11FN2OS/c13-10-1-2-12(11(14)7-10)17(16)8-9-3-5-15-6-4-9/h1-7H,8,14H2. The Hall–Kier alpha value is -1.75. The van der Waals surface area contributed by atoms with Gasteiger partial charge in [0.15, 0.2) is 0 Å². The molecule has 3 nitrogen and oxygen atoms in total. The zero-order chi connectivity index (χ0) is 12.3. The Morgan fingerprint density at radius 2 is 1.94 bits per heavy atom. The quantitative estimate of drug-likeness (QED) is 0.849. The fraction of sp³-hybridized carbons (Fsp3) is 0.0833. The largest absolute Gasteiger partial charge is 0.398 e. The van der Waals surface area contributed by atoms with Gasteiger partial charge in [-0.25, -0.2) is 4.39 Å². The van der Waals surface area contributed by atoms with Gasteiger partial charge in [0.1, 0.15) is 5.82 Å². The molecule has 1 heterocycles. The SMILES string of the molecule is Nc1cc(F)ccc1S(=O)Cc1ccncc1. The molecule has 88 valence electrons. The summed E-state index contributed by atoms with van der Waals surface area (Å²) < 4.78 is 24.9. The number of halogens is 1. The number of nitrogens with two attached hydrogens (primary N) is 1. The monoisotopic (exact) mass is 250 g/mol. The summed E-state index contributed by atoms with van der Waals surface area (Å²) in [6.07, 6.45) is 3.28. The van der Waals surface area contributed by atoms with E-state index in [1.807, 2.05) is 0 Å². The Bertz CT molecular complexity index is 545. The van der Waals surface area contributed by atoms with E-state index < -0.39 is 16.6 Å². The van der Waals surface area contributed by atoms with Crippen LogP contribution < -0.4 is 5.73 Å². The van der Waals surface area contributed by atoms with Gasteiger partial charge in [0.05, 0.1) is 27.1 Å². The van der Waals surface area contributed by atoms with Crippen LogP contribution in [0.2, 0.25) is 0 Å². The summed E-state index contributed by atoms with van der Waals surface area (Å²) in [5, 5.41) is 0. The molecule has 1 atom stereocenters. The van der Waals surface area contributed by atoms with Crippen molar-refractivity contribution < 1.29 is 8.60 Å². The molecule has 1 aromatic carbocycles. The lowest BCUT2D eigenvalue weighted by Gasteiger charge is -2.05. The van der Waals surface area contributed by atoms with Gasteiger partial charge in [-0.05, 0) is 35.9 Å². The molecule has 1 aromatic heterocycles. The third kappa shape index (κ3) is 2.88. The van der Waals surface area contributed by atoms with Gasteiger partial charge in [0.25, 0.3) is 0 Å². The minimum atomic E-state index is -1.27. The van der Waals surface area contributed by atoms with Gasteiger partial charge in [-0.3, -0.25) is 9.19 Å². The Morgan fingerprint density at radius 3 is 2.59 bits per heavy atom. The molecule has 0 amide bonds. The van der Waals surface area contributed by atoms with Crippen molar-refractivity contribution in [2.24, 2.45) is 0 Å². The smallest absolute Gasteiger partial charge is 0.125 e. The molecule has 0 radical (unpaired) electrons. The second-order valence-electron chi connectivity index (χ2n) is 3.53. The van der Waals surface area contributed by atoms with E-state index in [1.165, 1.54) is 18.2 Å². The molecule has 0 saturated heterocycles. The van der Waals surface area contributed by atoms with Gasteiger partial charge in [-0.15, -0.1) is 0 Å². The Kier molecular flexibility index (Phi) is 3.49. The van der Waals surface area contributed by atoms with E-state index in [0.717, 1.165) is 5.56 Å². The lowest BCUT2D eigenvalue weighted by molar-refractivity contribution is 0.627. The Balaban J connectivity index is 2.21. The predicted octanol–water partition coefficient (Wildman–Crippen LogP) is 2.11. The topological polar surface area (TPSA) is 56.0 Å². The number of benzene rings is 1. The van der Waals surface area contributed by atoms with E-state index in [4.69, 9.17) is 5.73 Å². The first-order valence-corrected chi connectivity index (χ1v) is 6.31. The lowest BCUT2D eigenvalue weighted by Crippen LogP contribution is -2.01. The lowest BCUT2D eigenvalue weighted by atomic mass is 10.3. The second-order valence-corrected chi connectivity index (χ2v) is 4.95. The van der Waals surface area contributed by atoms with Crippen molar-refractivity contribution in [2.75, 3.05) is 5.73 Å². The number of nitrogens with zero attached hydrogens (tertiary/aromatic N) is 1. The van der Waals surface area contributed by atoms with Crippen molar-refractivity contribution in [2.45, 2.75) is 10.6 Å². The van der Waals surface area contributed by atoms with Crippen LogP contribution in [0, 0.1) is 5.82 Å². The maximum atomic E-state index is 12.9. The predicted molar refractivity (Wildman–Crippen MR) is 65.2 cm³/mol. The van der Waals surface area contributed by atoms with Crippen LogP contribution in [0.1, 0.15) is 5.56 Å². The van der Waals surface area contributed by atoms with Gasteiger partial charge in [0.2, 0.25) is 0 Å². The van der Waals surface area contributed by atoms with Crippen molar-refractivity contribution in [3.63, 3.8) is 0 Å². The molecule has 2 N–H and O–H groups in total. The Labute approximate surface area is 101 Å². The third-order valence-electron chi connectivity index (χ3n) is 2.26. The summed E-state index contributed by atoms with van der Waals surface area (Å²) in [6.45, 7) is 0. The summed E-state index contributed by atoms with van der Waals surface area (Å²) in [4.78, 5) is 4.34. The van der Waals surface area contributed by atoms with Gasteiger partial charge in [0, 0.05) is 12.4 Å². The van der Waals surface area contributed by atoms with Gasteiger partial charge in [-0.2, -0.15) is 0 Å². The molecule has 1 unspecified atom stereocenters. The number of nitrogen functional groups attached to an aromatic ring is 1. The average molecular weight is 250 g/mol. The molecule has 0 aliphatic carbocycles. The maximum absolute atomic E-state index is 12.9. The third-order valence-corrected chi connectivity index (χ3v) is 3.72. The molecular weight excluding hydrogens is 239 g/mol. The number of anilines is 1. The molecule has 0 bridgehead atoms. The number of rotatable bonds is 3. The molecule has 0 saturated carbocycles. The number of pyridine rings is 1. The molecule has 0 aliphatic rings. The maximum Gasteiger partial charge on any atom is 0.125 e. The summed E-state index contributed by atoms with van der Waals surface area (Å²) in [5.74, 6) is -0.0783. The van der Waals surface area contributed by atoms with E-state index in [9.17, 15) is 8.60 Å². The number of hydrogen-bond acceptors (Lipinski definition) is 3. The fourth-order valence-corrected chi connectivity index (χ4v) is 2.63. The van der Waals surface area contributed by atoms with Crippen molar-refractivity contribution in [1.29, 1.82) is 0 Å².